The summed E-state index contributed by atoms with van der Waals surface area (Å²) in [6, 6.07) is 0. The fraction of sp³-hybridized carbons (Fsp3) is 0.636. The van der Waals surface area contributed by atoms with Gasteiger partial charge < -0.3 is 4.43 Å². The maximum Gasteiger partial charge on any atom is 0.241 e. The number of allylic oxidation sites excluding steroid dienone is 2. The number of hydrogen-bond donors (Lipinski definition) is 0. The van der Waals surface area contributed by atoms with Gasteiger partial charge in [0.25, 0.3) is 0 Å². The predicted octanol–water partition coefficient (Wildman–Crippen LogP) is 3.95. The molecule has 1 unspecified atom stereocenters. The van der Waals surface area contributed by atoms with E-state index in [-0.39, 0.29) is 0 Å². The Hall–Kier alpha value is -0.503. The van der Waals surface area contributed by atoms with Gasteiger partial charge in [0.05, 0.1) is 6.26 Å². The molecule has 0 heterocycles. The average Bonchev–Trinajstić information content (AvgIpc) is 1.98. The van der Waals surface area contributed by atoms with Crippen molar-refractivity contribution >= 4 is 8.32 Å². The van der Waals surface area contributed by atoms with E-state index in [4.69, 9.17) is 4.43 Å². The van der Waals surface area contributed by atoms with Gasteiger partial charge in [0.15, 0.2) is 0 Å². The Bertz CT molecular complexity index is 167. The third-order valence-electron chi connectivity index (χ3n) is 1.65. The molecule has 0 saturated heterocycles. The molecule has 0 aromatic heterocycles. The Labute approximate surface area is 83.6 Å². The summed E-state index contributed by atoms with van der Waals surface area (Å²) in [6.45, 7) is 12.5. The van der Waals surface area contributed by atoms with Crippen LogP contribution in [-0.2, 0) is 4.43 Å². The van der Waals surface area contributed by atoms with Crippen LogP contribution in [0, 0.1) is 5.92 Å². The first-order valence-electron chi connectivity index (χ1n) is 4.91. The first kappa shape index (κ1) is 12.5. The van der Waals surface area contributed by atoms with Crippen molar-refractivity contribution in [1.82, 2.24) is 0 Å². The Morgan fingerprint density at radius 1 is 1.38 bits per heavy atom. The van der Waals surface area contributed by atoms with E-state index in [1.807, 2.05) is 12.3 Å². The van der Waals surface area contributed by atoms with Crippen molar-refractivity contribution in [2.24, 2.45) is 5.92 Å². The van der Waals surface area contributed by atoms with Crippen molar-refractivity contribution in [2.45, 2.75) is 39.4 Å². The maximum absolute atomic E-state index is 5.61. The van der Waals surface area contributed by atoms with Crippen LogP contribution in [0.4, 0.5) is 0 Å². The summed E-state index contributed by atoms with van der Waals surface area (Å²) in [5.74, 6) is 0.592. The van der Waals surface area contributed by atoms with Crippen molar-refractivity contribution in [2.75, 3.05) is 0 Å². The monoisotopic (exact) mass is 198 g/mol. The lowest BCUT2D eigenvalue weighted by molar-refractivity contribution is 0.470. The molecular weight excluding hydrogens is 176 g/mol. The van der Waals surface area contributed by atoms with Crippen LogP contribution in [0.25, 0.3) is 0 Å². The molecule has 0 bridgehead atoms. The van der Waals surface area contributed by atoms with Gasteiger partial charge in [0, 0.05) is 0 Å². The third-order valence-corrected chi connectivity index (χ3v) is 2.50. The summed E-state index contributed by atoms with van der Waals surface area (Å²) in [6.07, 6.45) is 8.22. The van der Waals surface area contributed by atoms with E-state index < -0.39 is 8.32 Å². The predicted molar refractivity (Wildman–Crippen MR) is 62.2 cm³/mol. The van der Waals surface area contributed by atoms with Gasteiger partial charge >= 0.3 is 0 Å². The van der Waals surface area contributed by atoms with Gasteiger partial charge in [-0.25, -0.2) is 0 Å². The van der Waals surface area contributed by atoms with Crippen molar-refractivity contribution in [3.8, 4) is 0 Å². The van der Waals surface area contributed by atoms with Crippen LogP contribution in [0.15, 0.2) is 25.0 Å². The van der Waals surface area contributed by atoms with E-state index >= 15 is 0 Å². The van der Waals surface area contributed by atoms with Gasteiger partial charge in [0.2, 0.25) is 8.32 Å². The van der Waals surface area contributed by atoms with Gasteiger partial charge in [-0.1, -0.05) is 13.0 Å². The molecule has 76 valence electrons. The Morgan fingerprint density at radius 2 is 2.00 bits per heavy atom. The Morgan fingerprint density at radius 3 is 2.46 bits per heavy atom. The molecular formula is C11H22OSi. The van der Waals surface area contributed by atoms with Crippen molar-refractivity contribution in [1.29, 1.82) is 0 Å². The van der Waals surface area contributed by atoms with Crippen molar-refractivity contribution < 1.29 is 4.43 Å². The third kappa shape index (κ3) is 9.41. The molecule has 1 nitrogen and oxygen atoms in total. The molecule has 0 aromatic rings. The van der Waals surface area contributed by atoms with Gasteiger partial charge in [-0.2, -0.15) is 0 Å². The summed E-state index contributed by atoms with van der Waals surface area (Å²) in [7, 11) is -1.36. The van der Waals surface area contributed by atoms with Crippen molar-refractivity contribution in [3.63, 3.8) is 0 Å². The second-order valence-corrected chi connectivity index (χ2v) is 8.86. The van der Waals surface area contributed by atoms with E-state index in [9.17, 15) is 0 Å². The number of rotatable bonds is 6. The fourth-order valence-electron chi connectivity index (χ4n) is 0.854. The summed E-state index contributed by atoms with van der Waals surface area (Å²) in [5.41, 5.74) is 0. The molecule has 0 radical (unpaired) electrons. The summed E-state index contributed by atoms with van der Waals surface area (Å²) >= 11 is 0. The molecule has 1 atom stereocenters. The highest BCUT2D eigenvalue weighted by Gasteiger charge is 2.12. The lowest BCUT2D eigenvalue weighted by atomic mass is 10.1. The van der Waals surface area contributed by atoms with Gasteiger partial charge in [-0.3, -0.25) is 0 Å². The first-order chi connectivity index (χ1) is 5.95. The normalized spacial score (nSPS) is 14.5. The van der Waals surface area contributed by atoms with E-state index in [0.717, 1.165) is 12.8 Å². The highest BCUT2D eigenvalue weighted by Crippen LogP contribution is 2.09. The molecule has 0 saturated carbocycles. The van der Waals surface area contributed by atoms with Gasteiger partial charge in [0.1, 0.15) is 0 Å². The molecule has 0 aliphatic carbocycles. The summed E-state index contributed by atoms with van der Waals surface area (Å²) in [5, 5.41) is 0. The molecule has 13 heavy (non-hydrogen) atoms. The highest BCUT2D eigenvalue weighted by atomic mass is 28.4. The molecule has 0 aromatic carbocycles. The first-order valence-corrected chi connectivity index (χ1v) is 8.32. The maximum atomic E-state index is 5.61. The molecule has 0 spiro atoms. The van der Waals surface area contributed by atoms with Crippen LogP contribution in [-0.4, -0.2) is 8.32 Å². The number of hydrogen-bond acceptors (Lipinski definition) is 1. The van der Waals surface area contributed by atoms with Crippen LogP contribution in [0.2, 0.25) is 19.6 Å². The fourth-order valence-corrected chi connectivity index (χ4v) is 1.34. The van der Waals surface area contributed by atoms with Crippen LogP contribution in [0.5, 0.6) is 0 Å². The molecule has 0 amide bonds. The largest absolute Gasteiger partial charge is 0.550 e. The topological polar surface area (TPSA) is 9.23 Å². The minimum atomic E-state index is -1.36. The smallest absolute Gasteiger partial charge is 0.241 e. The van der Waals surface area contributed by atoms with E-state index in [1.165, 1.54) is 0 Å². The second-order valence-electron chi connectivity index (χ2n) is 4.40. The lowest BCUT2D eigenvalue weighted by Gasteiger charge is -2.15. The molecule has 0 aliphatic rings. The van der Waals surface area contributed by atoms with E-state index in [0.29, 0.717) is 5.92 Å². The average molecular weight is 198 g/mol. The van der Waals surface area contributed by atoms with Crippen molar-refractivity contribution in [3.05, 3.63) is 25.0 Å². The quantitative estimate of drug-likeness (QED) is 0.357. The second kappa shape index (κ2) is 6.03. The highest BCUT2D eigenvalue weighted by molar-refractivity contribution is 6.69. The Balaban J connectivity index is 3.65. The minimum Gasteiger partial charge on any atom is -0.550 e. The van der Waals surface area contributed by atoms with Crippen LogP contribution < -0.4 is 0 Å². The lowest BCUT2D eigenvalue weighted by Crippen LogP contribution is -2.22. The molecule has 0 rings (SSSR count). The van der Waals surface area contributed by atoms with Crippen LogP contribution in [0.3, 0.4) is 0 Å². The zero-order valence-corrected chi connectivity index (χ0v) is 10.3. The van der Waals surface area contributed by atoms with Crippen LogP contribution >= 0.6 is 0 Å². The van der Waals surface area contributed by atoms with E-state index in [2.05, 4.69) is 39.2 Å². The zero-order valence-electron chi connectivity index (χ0n) is 9.34. The van der Waals surface area contributed by atoms with Gasteiger partial charge in [-0.15, -0.1) is 6.58 Å². The van der Waals surface area contributed by atoms with E-state index in [1.54, 1.807) is 0 Å². The summed E-state index contributed by atoms with van der Waals surface area (Å²) in [4.78, 5) is 0. The molecule has 0 N–H and O–H groups in total. The minimum absolute atomic E-state index is 0.592. The van der Waals surface area contributed by atoms with Crippen LogP contribution in [0.1, 0.15) is 19.8 Å². The Kier molecular flexibility index (Phi) is 5.79. The molecule has 0 fully saturated rings. The standard InChI is InChI=1S/C11H22OSi/c1-6-7-8-11(2)9-10-12-13(3,4)5/h6,9-11H,1,7-8H2,2-5H3/b10-9-. The molecule has 0 aliphatic heterocycles. The SMILES string of the molecule is C=CCCC(C)/C=C\O[Si](C)(C)C. The van der Waals surface area contributed by atoms with Gasteiger partial charge in [-0.05, 0) is 44.5 Å². The zero-order chi connectivity index (χ0) is 10.3. The molecule has 2 heteroatoms. The summed E-state index contributed by atoms with van der Waals surface area (Å²) < 4.78 is 5.61.